The number of aromatic carboxylic acids is 1. The fourth-order valence-corrected chi connectivity index (χ4v) is 4.62. The molecule has 0 unspecified atom stereocenters. The van der Waals surface area contributed by atoms with Crippen LogP contribution in [0.1, 0.15) is 29.6 Å². The number of nitrogens with zero attached hydrogens (tertiary/aromatic N) is 1. The van der Waals surface area contributed by atoms with Crippen LogP contribution in [-0.2, 0) is 0 Å². The average molecular weight is 484 g/mol. The Kier molecular flexibility index (Phi) is 7.05. The number of ether oxygens (including phenoxy) is 2. The molecule has 0 aliphatic carbocycles. The molecule has 0 spiro atoms. The lowest BCUT2D eigenvalue weighted by molar-refractivity contribution is 0.0697. The number of hydrogen-bond donors (Lipinski definition) is 2. The Hall–Kier alpha value is -4.03. The van der Waals surface area contributed by atoms with Gasteiger partial charge in [0.15, 0.2) is 0 Å². The summed E-state index contributed by atoms with van der Waals surface area (Å²) in [5.41, 5.74) is 1.89. The van der Waals surface area contributed by atoms with Gasteiger partial charge in [0, 0.05) is 17.5 Å². The molecule has 5 rings (SSSR count). The zero-order valence-corrected chi connectivity index (χ0v) is 20.0. The van der Waals surface area contributed by atoms with E-state index in [-0.39, 0.29) is 11.3 Å². The van der Waals surface area contributed by atoms with Crippen molar-refractivity contribution in [3.63, 3.8) is 0 Å². The van der Waals surface area contributed by atoms with Crippen molar-refractivity contribution in [1.29, 1.82) is 0 Å². The van der Waals surface area contributed by atoms with Crippen molar-refractivity contribution in [2.24, 2.45) is 0 Å². The van der Waals surface area contributed by atoms with Crippen molar-refractivity contribution in [3.05, 3.63) is 84.4 Å². The minimum Gasteiger partial charge on any atom is -0.508 e. The Morgan fingerprint density at radius 3 is 2.28 bits per heavy atom. The summed E-state index contributed by atoms with van der Waals surface area (Å²) in [6.45, 7) is 3.90. The van der Waals surface area contributed by atoms with Crippen LogP contribution in [0.15, 0.2) is 78.9 Å². The van der Waals surface area contributed by atoms with Gasteiger partial charge in [0.05, 0.1) is 5.56 Å². The predicted molar refractivity (Wildman–Crippen MR) is 140 cm³/mol. The number of rotatable bonds is 8. The lowest BCUT2D eigenvalue weighted by Crippen LogP contribution is -2.33. The number of aromatic hydroxyl groups is 1. The molecule has 2 N–H and O–H groups in total. The quantitative estimate of drug-likeness (QED) is 0.295. The summed E-state index contributed by atoms with van der Waals surface area (Å²) in [5, 5.41) is 20.9. The van der Waals surface area contributed by atoms with Crippen molar-refractivity contribution in [2.45, 2.75) is 19.3 Å². The van der Waals surface area contributed by atoms with E-state index in [1.807, 2.05) is 42.5 Å². The summed E-state index contributed by atoms with van der Waals surface area (Å²) >= 11 is 0. The Morgan fingerprint density at radius 1 is 0.833 bits per heavy atom. The van der Waals surface area contributed by atoms with Gasteiger partial charge in [-0.1, -0.05) is 24.6 Å². The third kappa shape index (κ3) is 5.44. The molecule has 1 aliphatic heterocycles. The molecule has 1 saturated heterocycles. The first-order chi connectivity index (χ1) is 17.6. The zero-order chi connectivity index (χ0) is 24.9. The Morgan fingerprint density at radius 2 is 1.56 bits per heavy atom. The van der Waals surface area contributed by atoms with E-state index in [0.29, 0.717) is 18.1 Å². The molecular formula is C30H29NO5. The number of carbonyl (C=O) groups is 1. The second-order valence-electron chi connectivity index (χ2n) is 9.05. The molecule has 4 aromatic rings. The van der Waals surface area contributed by atoms with Gasteiger partial charge < -0.3 is 19.7 Å². The number of carboxylic acids is 1. The highest BCUT2D eigenvalue weighted by molar-refractivity contribution is 5.96. The van der Waals surface area contributed by atoms with E-state index in [2.05, 4.69) is 4.90 Å². The van der Waals surface area contributed by atoms with Crippen molar-refractivity contribution < 1.29 is 24.5 Å². The van der Waals surface area contributed by atoms with Crippen LogP contribution in [0.3, 0.4) is 0 Å². The van der Waals surface area contributed by atoms with Crippen LogP contribution >= 0.6 is 0 Å². The number of piperidine rings is 1. The molecule has 1 heterocycles. The van der Waals surface area contributed by atoms with Gasteiger partial charge in [0.25, 0.3) is 0 Å². The standard InChI is InChI=1S/C30H29NO5/c32-24-9-15-28-23(20-24)8-14-27(21-4-6-22(7-5-21)30(33)34)29(28)36-26-12-10-25(11-13-26)35-19-18-31-16-2-1-3-17-31/h4-15,20,32H,1-3,16-19H2,(H,33,34). The number of fused-ring (bicyclic) bond motifs is 1. The maximum Gasteiger partial charge on any atom is 0.335 e. The number of phenols is 1. The van der Waals surface area contributed by atoms with Gasteiger partial charge in [-0.3, -0.25) is 4.90 Å². The summed E-state index contributed by atoms with van der Waals surface area (Å²) in [4.78, 5) is 13.7. The molecule has 0 amide bonds. The van der Waals surface area contributed by atoms with Crippen molar-refractivity contribution >= 4 is 16.7 Å². The van der Waals surface area contributed by atoms with Crippen LogP contribution in [0, 0.1) is 0 Å². The van der Waals surface area contributed by atoms with Gasteiger partial charge in [-0.05, 0) is 97.5 Å². The smallest absolute Gasteiger partial charge is 0.335 e. The molecule has 1 fully saturated rings. The lowest BCUT2D eigenvalue weighted by atomic mass is 9.98. The molecule has 4 aromatic carbocycles. The van der Waals surface area contributed by atoms with Gasteiger partial charge >= 0.3 is 5.97 Å². The van der Waals surface area contributed by atoms with Crippen LogP contribution in [-0.4, -0.2) is 47.3 Å². The highest BCUT2D eigenvalue weighted by Gasteiger charge is 2.14. The molecule has 0 saturated carbocycles. The van der Waals surface area contributed by atoms with Crippen LogP contribution in [0.2, 0.25) is 0 Å². The van der Waals surface area contributed by atoms with E-state index in [1.165, 1.54) is 19.3 Å². The highest BCUT2D eigenvalue weighted by atomic mass is 16.5. The van der Waals surface area contributed by atoms with Crippen LogP contribution < -0.4 is 9.47 Å². The summed E-state index contributed by atoms with van der Waals surface area (Å²) in [5.74, 6) is 1.30. The maximum atomic E-state index is 11.3. The van der Waals surface area contributed by atoms with Crippen molar-refractivity contribution in [1.82, 2.24) is 4.90 Å². The number of phenolic OH excluding ortho intramolecular Hbond substituents is 1. The van der Waals surface area contributed by atoms with Gasteiger partial charge in [-0.15, -0.1) is 0 Å². The van der Waals surface area contributed by atoms with E-state index >= 15 is 0 Å². The molecule has 6 nitrogen and oxygen atoms in total. The summed E-state index contributed by atoms with van der Waals surface area (Å²) in [7, 11) is 0. The maximum absolute atomic E-state index is 11.3. The fraction of sp³-hybridized carbons (Fsp3) is 0.233. The summed E-state index contributed by atoms with van der Waals surface area (Å²) in [6.07, 6.45) is 3.86. The van der Waals surface area contributed by atoms with Gasteiger partial charge in [0.1, 0.15) is 29.6 Å². The molecule has 0 atom stereocenters. The second-order valence-corrected chi connectivity index (χ2v) is 9.05. The molecule has 6 heteroatoms. The second kappa shape index (κ2) is 10.7. The zero-order valence-electron chi connectivity index (χ0n) is 20.0. The van der Waals surface area contributed by atoms with Crippen LogP contribution in [0.4, 0.5) is 0 Å². The van der Waals surface area contributed by atoms with E-state index in [9.17, 15) is 15.0 Å². The third-order valence-electron chi connectivity index (χ3n) is 6.57. The average Bonchev–Trinajstić information content (AvgIpc) is 2.90. The van der Waals surface area contributed by atoms with Gasteiger partial charge in [-0.25, -0.2) is 4.79 Å². The van der Waals surface area contributed by atoms with Crippen molar-refractivity contribution in [3.8, 4) is 34.1 Å². The Labute approximate surface area is 210 Å². The first kappa shape index (κ1) is 23.7. The lowest BCUT2D eigenvalue weighted by Gasteiger charge is -2.26. The van der Waals surface area contributed by atoms with Crippen LogP contribution in [0.25, 0.3) is 21.9 Å². The molecular weight excluding hydrogens is 454 g/mol. The van der Waals surface area contributed by atoms with E-state index in [1.54, 1.807) is 36.4 Å². The Balaban J connectivity index is 1.38. The third-order valence-corrected chi connectivity index (χ3v) is 6.57. The first-order valence-electron chi connectivity index (χ1n) is 12.3. The highest BCUT2D eigenvalue weighted by Crippen LogP contribution is 2.40. The van der Waals surface area contributed by atoms with E-state index in [4.69, 9.17) is 9.47 Å². The molecule has 0 bridgehead atoms. The number of carboxylic acid groups (broad SMARTS) is 1. The van der Waals surface area contributed by atoms with Crippen LogP contribution in [0.5, 0.6) is 23.0 Å². The monoisotopic (exact) mass is 483 g/mol. The van der Waals surface area contributed by atoms with E-state index < -0.39 is 5.97 Å². The van der Waals surface area contributed by atoms with Crippen molar-refractivity contribution in [2.75, 3.05) is 26.2 Å². The molecule has 184 valence electrons. The van der Waals surface area contributed by atoms with E-state index in [0.717, 1.165) is 47.3 Å². The normalized spacial score (nSPS) is 14.0. The number of likely N-dealkylation sites (tertiary alicyclic amines) is 1. The first-order valence-corrected chi connectivity index (χ1v) is 12.3. The SMILES string of the molecule is O=C(O)c1ccc(-c2ccc3cc(O)ccc3c2Oc2ccc(OCCN3CCCCC3)cc2)cc1. The number of benzene rings is 4. The minimum atomic E-state index is -0.967. The largest absolute Gasteiger partial charge is 0.508 e. The topological polar surface area (TPSA) is 79.2 Å². The fourth-order valence-electron chi connectivity index (χ4n) is 4.62. The molecule has 0 aromatic heterocycles. The predicted octanol–water partition coefficient (Wildman–Crippen LogP) is 6.57. The summed E-state index contributed by atoms with van der Waals surface area (Å²) in [6, 6.07) is 23.3. The molecule has 1 aliphatic rings. The number of hydrogen-bond acceptors (Lipinski definition) is 5. The molecule has 36 heavy (non-hydrogen) atoms. The van der Waals surface area contributed by atoms with Gasteiger partial charge in [-0.2, -0.15) is 0 Å². The Bertz CT molecular complexity index is 1340. The van der Waals surface area contributed by atoms with Gasteiger partial charge in [0.2, 0.25) is 0 Å². The summed E-state index contributed by atoms with van der Waals surface area (Å²) < 4.78 is 12.3. The minimum absolute atomic E-state index is 0.179. The molecule has 0 radical (unpaired) electrons.